The van der Waals surface area contributed by atoms with Crippen molar-refractivity contribution in [3.05, 3.63) is 156 Å². The largest absolute Gasteiger partial charge is 0.481 e. The average molecular weight is 462 g/mol. The third-order valence-electron chi connectivity index (χ3n) is 6.31. The van der Waals surface area contributed by atoms with Crippen molar-refractivity contribution in [2.75, 3.05) is 0 Å². The van der Waals surface area contributed by atoms with E-state index in [2.05, 4.69) is 85.0 Å². The number of carboxylic acid groups (broad SMARTS) is 1. The Morgan fingerprint density at radius 1 is 0.714 bits per heavy atom. The van der Waals surface area contributed by atoms with E-state index in [1.54, 1.807) is 0 Å². The maximum absolute atomic E-state index is 12.0. The van der Waals surface area contributed by atoms with E-state index < -0.39 is 17.4 Å². The Labute approximate surface area is 207 Å². The molecule has 3 heteroatoms. The van der Waals surface area contributed by atoms with Crippen LogP contribution in [-0.2, 0) is 16.8 Å². The van der Waals surface area contributed by atoms with E-state index >= 15 is 0 Å². The van der Waals surface area contributed by atoms with Crippen LogP contribution in [0.2, 0.25) is 0 Å². The Balaban J connectivity index is 1.71. The summed E-state index contributed by atoms with van der Waals surface area (Å²) in [5.74, 6) is -1.42. The lowest BCUT2D eigenvalue weighted by molar-refractivity contribution is -0.140. The number of benzene rings is 4. The van der Waals surface area contributed by atoms with Gasteiger partial charge in [-0.1, -0.05) is 133 Å². The maximum atomic E-state index is 12.0. The van der Waals surface area contributed by atoms with Crippen LogP contribution in [0.1, 0.15) is 29.2 Å². The average Bonchev–Trinajstić information content (AvgIpc) is 2.91. The van der Waals surface area contributed by atoms with Gasteiger partial charge in [0.05, 0.1) is 11.5 Å². The fraction of sp³-hybridized carbons (Fsp3) is 0.156. The Hall–Kier alpha value is -3.95. The van der Waals surface area contributed by atoms with Crippen molar-refractivity contribution in [1.82, 2.24) is 5.32 Å². The van der Waals surface area contributed by atoms with Gasteiger partial charge >= 0.3 is 5.97 Å². The predicted octanol–water partition coefficient (Wildman–Crippen LogP) is 6.46. The molecule has 4 aromatic rings. The lowest BCUT2D eigenvalue weighted by Gasteiger charge is -2.39. The van der Waals surface area contributed by atoms with Gasteiger partial charge in [0.1, 0.15) is 0 Å². The SMILES string of the molecule is C[C@@H](/C=C/[C@@H](Cc1ccccc1)C(=O)O)NC(c1ccccc1)(c1ccccc1)c1ccccc1. The summed E-state index contributed by atoms with van der Waals surface area (Å²) in [6.45, 7) is 2.07. The molecule has 0 spiro atoms. The molecule has 0 bridgehead atoms. The Morgan fingerprint density at radius 2 is 1.11 bits per heavy atom. The minimum absolute atomic E-state index is 0.103. The zero-order chi connectivity index (χ0) is 24.5. The molecule has 4 rings (SSSR count). The van der Waals surface area contributed by atoms with Gasteiger partial charge in [0, 0.05) is 6.04 Å². The van der Waals surface area contributed by atoms with E-state index in [9.17, 15) is 9.90 Å². The van der Waals surface area contributed by atoms with E-state index in [1.165, 1.54) is 0 Å². The summed E-state index contributed by atoms with van der Waals surface area (Å²) in [5.41, 5.74) is 3.77. The minimum atomic E-state index is -0.822. The Bertz CT molecular complexity index is 1130. The van der Waals surface area contributed by atoms with Gasteiger partial charge < -0.3 is 5.11 Å². The Morgan fingerprint density at radius 3 is 1.51 bits per heavy atom. The Kier molecular flexibility index (Phi) is 7.92. The highest BCUT2D eigenvalue weighted by Gasteiger charge is 2.36. The molecule has 3 nitrogen and oxygen atoms in total. The third kappa shape index (κ3) is 5.76. The van der Waals surface area contributed by atoms with Crippen LogP contribution in [0.4, 0.5) is 0 Å². The zero-order valence-corrected chi connectivity index (χ0v) is 19.9. The van der Waals surface area contributed by atoms with Crippen molar-refractivity contribution in [1.29, 1.82) is 0 Å². The lowest BCUT2D eigenvalue weighted by atomic mass is 9.76. The van der Waals surface area contributed by atoms with Gasteiger partial charge in [-0.3, -0.25) is 10.1 Å². The molecule has 0 aromatic heterocycles. The van der Waals surface area contributed by atoms with Crippen molar-refractivity contribution in [3.8, 4) is 0 Å². The van der Waals surface area contributed by atoms with Gasteiger partial charge in [0.25, 0.3) is 0 Å². The zero-order valence-electron chi connectivity index (χ0n) is 19.9. The van der Waals surface area contributed by atoms with Crippen molar-refractivity contribution in [2.24, 2.45) is 5.92 Å². The van der Waals surface area contributed by atoms with E-state index in [0.29, 0.717) is 6.42 Å². The van der Waals surface area contributed by atoms with Gasteiger partial charge in [-0.25, -0.2) is 0 Å². The molecule has 4 aromatic carbocycles. The van der Waals surface area contributed by atoms with Gasteiger partial charge in [0.15, 0.2) is 0 Å². The minimum Gasteiger partial charge on any atom is -0.481 e. The highest BCUT2D eigenvalue weighted by atomic mass is 16.4. The van der Waals surface area contributed by atoms with Gasteiger partial charge in [-0.15, -0.1) is 0 Å². The molecular weight excluding hydrogens is 430 g/mol. The first-order valence-electron chi connectivity index (χ1n) is 12.0. The summed E-state index contributed by atoms with van der Waals surface area (Å²) in [5, 5.41) is 13.7. The summed E-state index contributed by atoms with van der Waals surface area (Å²) < 4.78 is 0. The highest BCUT2D eigenvalue weighted by molar-refractivity contribution is 5.72. The summed E-state index contributed by atoms with van der Waals surface area (Å²) in [6.07, 6.45) is 4.25. The van der Waals surface area contributed by atoms with E-state index in [-0.39, 0.29) is 6.04 Å². The summed E-state index contributed by atoms with van der Waals surface area (Å²) in [6, 6.07) is 40.9. The number of aliphatic carboxylic acids is 1. The molecule has 0 aliphatic rings. The van der Waals surface area contributed by atoms with Gasteiger partial charge in [-0.2, -0.15) is 0 Å². The number of hydrogen-bond acceptors (Lipinski definition) is 2. The summed E-state index contributed by atoms with van der Waals surface area (Å²) >= 11 is 0. The van der Waals surface area contributed by atoms with Crippen LogP contribution in [-0.4, -0.2) is 17.1 Å². The van der Waals surface area contributed by atoms with Gasteiger partial charge in [-0.05, 0) is 35.6 Å². The van der Waals surface area contributed by atoms with E-state index in [0.717, 1.165) is 22.3 Å². The van der Waals surface area contributed by atoms with Crippen LogP contribution in [0.25, 0.3) is 0 Å². The molecule has 35 heavy (non-hydrogen) atoms. The van der Waals surface area contributed by atoms with Crippen LogP contribution < -0.4 is 5.32 Å². The monoisotopic (exact) mass is 461 g/mol. The second-order valence-corrected chi connectivity index (χ2v) is 8.80. The molecule has 0 amide bonds. The molecule has 176 valence electrons. The highest BCUT2D eigenvalue weighted by Crippen LogP contribution is 2.37. The normalized spacial score (nSPS) is 13.4. The van der Waals surface area contributed by atoms with Crippen molar-refractivity contribution >= 4 is 5.97 Å². The number of carbonyl (C=O) groups is 1. The lowest BCUT2D eigenvalue weighted by Crippen LogP contribution is -2.48. The molecule has 0 radical (unpaired) electrons. The number of rotatable bonds is 10. The number of carboxylic acids is 1. The first-order chi connectivity index (χ1) is 17.1. The molecule has 0 aliphatic carbocycles. The number of nitrogens with one attached hydrogen (secondary N) is 1. The first-order valence-corrected chi connectivity index (χ1v) is 12.0. The molecule has 2 N–H and O–H groups in total. The molecular formula is C32H31NO2. The molecule has 0 saturated heterocycles. The van der Waals surface area contributed by atoms with Crippen molar-refractivity contribution in [3.63, 3.8) is 0 Å². The van der Waals surface area contributed by atoms with E-state index in [4.69, 9.17) is 0 Å². The smallest absolute Gasteiger partial charge is 0.310 e. The second kappa shape index (κ2) is 11.5. The first kappa shape index (κ1) is 24.2. The summed E-state index contributed by atoms with van der Waals surface area (Å²) in [4.78, 5) is 12.0. The third-order valence-corrected chi connectivity index (χ3v) is 6.31. The van der Waals surface area contributed by atoms with Crippen LogP contribution in [0.15, 0.2) is 133 Å². The standard InChI is InChI=1S/C32H31NO2/c1-25(22-23-27(31(34)35)24-26-14-6-2-7-15-26)33-32(28-16-8-3-9-17-28,29-18-10-4-11-19-29)30-20-12-5-13-21-30/h2-23,25,27,33H,24H2,1H3,(H,34,35)/b23-22+/t25-,27-/m0/s1. The molecule has 0 unspecified atom stereocenters. The quantitative estimate of drug-likeness (QED) is 0.211. The van der Waals surface area contributed by atoms with E-state index in [1.807, 2.05) is 60.7 Å². The van der Waals surface area contributed by atoms with Crippen LogP contribution in [0.5, 0.6) is 0 Å². The van der Waals surface area contributed by atoms with Crippen molar-refractivity contribution in [2.45, 2.75) is 24.9 Å². The summed E-state index contributed by atoms with van der Waals surface area (Å²) in [7, 11) is 0. The topological polar surface area (TPSA) is 49.3 Å². The molecule has 2 atom stereocenters. The molecule has 0 heterocycles. The van der Waals surface area contributed by atoms with Gasteiger partial charge in [0.2, 0.25) is 0 Å². The fourth-order valence-electron chi connectivity index (χ4n) is 4.61. The molecule has 0 fully saturated rings. The maximum Gasteiger partial charge on any atom is 0.310 e. The second-order valence-electron chi connectivity index (χ2n) is 8.80. The van der Waals surface area contributed by atoms with Crippen LogP contribution in [0.3, 0.4) is 0 Å². The fourth-order valence-corrected chi connectivity index (χ4v) is 4.61. The number of hydrogen-bond donors (Lipinski definition) is 2. The predicted molar refractivity (Wildman–Crippen MR) is 142 cm³/mol. The molecule has 0 saturated carbocycles. The molecule has 0 aliphatic heterocycles. The van der Waals surface area contributed by atoms with Crippen LogP contribution in [0, 0.1) is 5.92 Å². The van der Waals surface area contributed by atoms with Crippen LogP contribution >= 0.6 is 0 Å². The van der Waals surface area contributed by atoms with Crippen molar-refractivity contribution < 1.29 is 9.90 Å².